The Bertz CT molecular complexity index is 1410. The maximum absolute atomic E-state index is 12.6. The molecular formula is C31H32N2O6. The third-order valence-electron chi connectivity index (χ3n) is 6.65. The van der Waals surface area contributed by atoms with Crippen molar-refractivity contribution in [3.8, 4) is 0 Å². The van der Waals surface area contributed by atoms with Crippen molar-refractivity contribution in [2.45, 2.75) is 50.8 Å². The van der Waals surface area contributed by atoms with Crippen molar-refractivity contribution >= 4 is 0 Å². The second-order valence-electron chi connectivity index (χ2n) is 9.48. The molecule has 1 aliphatic rings. The van der Waals surface area contributed by atoms with Crippen molar-refractivity contribution in [3.63, 3.8) is 0 Å². The van der Waals surface area contributed by atoms with Gasteiger partial charge >= 0.3 is 5.69 Å². The summed E-state index contributed by atoms with van der Waals surface area (Å²) in [6, 6.07) is 31.0. The van der Waals surface area contributed by atoms with Crippen molar-refractivity contribution in [2.75, 3.05) is 6.61 Å². The Morgan fingerprint density at radius 2 is 1.31 bits per heavy atom. The van der Waals surface area contributed by atoms with E-state index in [4.69, 9.17) is 18.9 Å². The summed E-state index contributed by atoms with van der Waals surface area (Å²) >= 11 is 0. The van der Waals surface area contributed by atoms with Crippen LogP contribution >= 0.6 is 0 Å². The van der Waals surface area contributed by atoms with Crippen molar-refractivity contribution in [1.29, 1.82) is 0 Å². The smallest absolute Gasteiger partial charge is 0.330 e. The molecule has 1 aliphatic heterocycles. The van der Waals surface area contributed by atoms with Gasteiger partial charge in [-0.1, -0.05) is 91.0 Å². The average Bonchev–Trinajstić information content (AvgIpc) is 2.97. The number of hydrogen-bond acceptors (Lipinski definition) is 6. The lowest BCUT2D eigenvalue weighted by atomic mass is 9.99. The zero-order valence-electron chi connectivity index (χ0n) is 21.6. The molecule has 5 rings (SSSR count). The van der Waals surface area contributed by atoms with Crippen molar-refractivity contribution in [3.05, 3.63) is 141 Å². The number of ether oxygens (including phenoxy) is 4. The van der Waals surface area contributed by atoms with E-state index >= 15 is 0 Å². The molecule has 4 atom stereocenters. The molecule has 202 valence electrons. The highest BCUT2D eigenvalue weighted by Crippen LogP contribution is 2.32. The number of nitrogens with zero attached hydrogens (tertiary/aromatic N) is 1. The van der Waals surface area contributed by atoms with Crippen LogP contribution in [0.4, 0.5) is 0 Å². The van der Waals surface area contributed by atoms with Crippen LogP contribution in [0.15, 0.2) is 113 Å². The summed E-state index contributed by atoms with van der Waals surface area (Å²) in [6.45, 7) is 1.39. The lowest BCUT2D eigenvalue weighted by Crippen LogP contribution is -2.52. The maximum Gasteiger partial charge on any atom is 0.330 e. The van der Waals surface area contributed by atoms with Crippen LogP contribution in [0.5, 0.6) is 0 Å². The number of H-pyrrole nitrogens is 1. The number of aromatic nitrogens is 2. The van der Waals surface area contributed by atoms with E-state index in [1.54, 1.807) is 0 Å². The molecule has 4 aromatic rings. The average molecular weight is 529 g/mol. The van der Waals surface area contributed by atoms with Crippen LogP contribution in [0, 0.1) is 0 Å². The summed E-state index contributed by atoms with van der Waals surface area (Å²) in [7, 11) is 0. The zero-order chi connectivity index (χ0) is 26.9. The number of aromatic amines is 1. The Morgan fingerprint density at radius 1 is 0.744 bits per heavy atom. The minimum absolute atomic E-state index is 0.230. The van der Waals surface area contributed by atoms with Crippen molar-refractivity contribution in [1.82, 2.24) is 9.55 Å². The van der Waals surface area contributed by atoms with Gasteiger partial charge in [-0.3, -0.25) is 14.3 Å². The van der Waals surface area contributed by atoms with Gasteiger partial charge in [0.15, 0.2) is 0 Å². The third-order valence-corrected chi connectivity index (χ3v) is 6.65. The van der Waals surface area contributed by atoms with Gasteiger partial charge in [0.1, 0.15) is 18.4 Å². The topological polar surface area (TPSA) is 91.8 Å². The van der Waals surface area contributed by atoms with Gasteiger partial charge < -0.3 is 18.9 Å². The SMILES string of the molecule is O=c1ccn([C@@H]2C[C@@H](OCc3ccccc3)[C@H](OCc3ccccc3)[C@@H](COCc3ccccc3)O2)c(=O)[nH]1. The molecule has 8 nitrogen and oxygen atoms in total. The number of benzene rings is 3. The lowest BCUT2D eigenvalue weighted by Gasteiger charge is -2.41. The summed E-state index contributed by atoms with van der Waals surface area (Å²) in [5, 5.41) is 0. The molecule has 0 amide bonds. The largest absolute Gasteiger partial charge is 0.374 e. The van der Waals surface area contributed by atoms with Gasteiger partial charge in [0, 0.05) is 18.7 Å². The van der Waals surface area contributed by atoms with Crippen molar-refractivity contribution in [2.24, 2.45) is 0 Å². The first kappa shape index (κ1) is 26.8. The summed E-state index contributed by atoms with van der Waals surface area (Å²) < 4.78 is 26.8. The highest BCUT2D eigenvalue weighted by atomic mass is 16.6. The fourth-order valence-electron chi connectivity index (χ4n) is 4.66. The molecule has 8 heteroatoms. The fraction of sp³-hybridized carbons (Fsp3) is 0.290. The number of nitrogens with one attached hydrogen (secondary N) is 1. The standard InChI is InChI=1S/C31H32N2O6/c34-28-16-17-33(31(35)32-28)29-18-26(37-20-24-12-6-2-7-13-24)30(38-21-25-14-8-3-9-15-25)27(39-29)22-36-19-23-10-4-1-5-11-23/h1-17,26-27,29-30H,18-22H2,(H,32,34,35)/t26-,27-,29+,30+/m1/s1. The molecule has 1 N–H and O–H groups in total. The summed E-state index contributed by atoms with van der Waals surface area (Å²) in [5.41, 5.74) is 2.10. The van der Waals surface area contributed by atoms with E-state index in [1.165, 1.54) is 16.8 Å². The second-order valence-corrected chi connectivity index (χ2v) is 9.48. The Morgan fingerprint density at radius 3 is 1.90 bits per heavy atom. The van der Waals surface area contributed by atoms with E-state index in [2.05, 4.69) is 4.98 Å². The molecule has 1 saturated heterocycles. The zero-order valence-corrected chi connectivity index (χ0v) is 21.6. The normalized spacial score (nSPS) is 21.0. The van der Waals surface area contributed by atoms with Crippen LogP contribution in [0.3, 0.4) is 0 Å². The van der Waals surface area contributed by atoms with E-state index in [-0.39, 0.29) is 6.61 Å². The minimum atomic E-state index is -0.669. The van der Waals surface area contributed by atoms with Gasteiger partial charge in [-0.2, -0.15) is 0 Å². The number of hydrogen-bond donors (Lipinski definition) is 1. The molecule has 0 bridgehead atoms. The van der Waals surface area contributed by atoms with Crippen LogP contribution in [0.1, 0.15) is 29.3 Å². The van der Waals surface area contributed by atoms with Crippen molar-refractivity contribution < 1.29 is 18.9 Å². The predicted octanol–water partition coefficient (Wildman–Crippen LogP) is 4.21. The lowest BCUT2D eigenvalue weighted by molar-refractivity contribution is -0.237. The minimum Gasteiger partial charge on any atom is -0.374 e. The van der Waals surface area contributed by atoms with E-state index in [1.807, 2.05) is 91.0 Å². The van der Waals surface area contributed by atoms with Crippen LogP contribution in [0.25, 0.3) is 0 Å². The quantitative estimate of drug-likeness (QED) is 0.314. The molecule has 3 aromatic carbocycles. The summed E-state index contributed by atoms with van der Waals surface area (Å²) in [4.78, 5) is 26.6. The van der Waals surface area contributed by atoms with Crippen LogP contribution in [-0.4, -0.2) is 34.5 Å². The first-order chi connectivity index (χ1) is 19.2. The number of rotatable bonds is 11. The van der Waals surface area contributed by atoms with Gasteiger partial charge in [0.05, 0.1) is 32.5 Å². The van der Waals surface area contributed by atoms with Gasteiger partial charge in [0.2, 0.25) is 0 Å². The fourth-order valence-corrected chi connectivity index (χ4v) is 4.66. The summed E-state index contributed by atoms with van der Waals surface area (Å²) in [6.07, 6.45) is -0.260. The van der Waals surface area contributed by atoms with E-state index in [0.717, 1.165) is 16.7 Å². The molecule has 1 fully saturated rings. The second kappa shape index (κ2) is 13.3. The molecule has 1 aromatic heterocycles. The van der Waals surface area contributed by atoms with E-state index in [0.29, 0.717) is 26.2 Å². The highest BCUT2D eigenvalue weighted by molar-refractivity contribution is 5.15. The molecule has 0 saturated carbocycles. The Hall–Kier alpha value is -3.82. The molecule has 39 heavy (non-hydrogen) atoms. The Kier molecular flexibility index (Phi) is 9.13. The molecule has 0 unspecified atom stereocenters. The molecular weight excluding hydrogens is 496 g/mol. The van der Waals surface area contributed by atoms with Gasteiger partial charge in [0.25, 0.3) is 5.56 Å². The van der Waals surface area contributed by atoms with Gasteiger partial charge in [-0.15, -0.1) is 0 Å². The van der Waals surface area contributed by atoms with Gasteiger partial charge in [-0.05, 0) is 16.7 Å². The monoisotopic (exact) mass is 528 g/mol. The van der Waals surface area contributed by atoms with Crippen LogP contribution in [0.2, 0.25) is 0 Å². The summed E-state index contributed by atoms with van der Waals surface area (Å²) in [5.74, 6) is 0. The highest BCUT2D eigenvalue weighted by Gasteiger charge is 2.41. The van der Waals surface area contributed by atoms with Crippen LogP contribution < -0.4 is 11.2 Å². The Labute approximate surface area is 226 Å². The maximum atomic E-state index is 12.6. The van der Waals surface area contributed by atoms with E-state index in [9.17, 15) is 9.59 Å². The first-order valence-electron chi connectivity index (χ1n) is 13.1. The van der Waals surface area contributed by atoms with E-state index < -0.39 is 35.8 Å². The Balaban J connectivity index is 1.39. The predicted molar refractivity (Wildman–Crippen MR) is 146 cm³/mol. The van der Waals surface area contributed by atoms with Crippen LogP contribution in [-0.2, 0) is 38.8 Å². The molecule has 0 aliphatic carbocycles. The first-order valence-corrected chi connectivity index (χ1v) is 13.1. The van der Waals surface area contributed by atoms with Gasteiger partial charge in [-0.25, -0.2) is 4.79 Å². The third kappa shape index (κ3) is 7.40. The molecule has 2 heterocycles. The molecule has 0 radical (unpaired) electrons. The molecule has 0 spiro atoms.